The van der Waals surface area contributed by atoms with Crippen LogP contribution in [0.4, 0.5) is 5.69 Å². The molecule has 0 bridgehead atoms. The quantitative estimate of drug-likeness (QED) is 0.355. The summed E-state index contributed by atoms with van der Waals surface area (Å²) < 4.78 is 13.0. The molecule has 1 N–H and O–H groups in total. The molecule has 1 fully saturated rings. The first-order valence-electron chi connectivity index (χ1n) is 10.6. The van der Waals surface area contributed by atoms with Crippen molar-refractivity contribution >= 4 is 34.6 Å². The second-order valence-corrected chi connectivity index (χ2v) is 8.73. The van der Waals surface area contributed by atoms with E-state index in [9.17, 15) is 0 Å². The molecule has 4 rings (SSSR count). The Kier molecular flexibility index (Phi) is 6.98. The number of halogens is 1. The summed E-state index contributed by atoms with van der Waals surface area (Å²) in [6, 6.07) is 14.0. The third kappa shape index (κ3) is 4.60. The standard InChI is InChI=1S/C24H27ClN4O2S/c1-16(2)28-11-9-17(15-28)23-22(20-6-4-5-10-26-20)27-24(32)29(23)18-7-8-21(19(25)14-18)31-13-12-30-3/h4-11,14-16,22-23H,12-13H2,1-3H3,(H,27,32)/t22-,23+/m1/s1. The molecule has 2 aromatic heterocycles. The van der Waals surface area contributed by atoms with E-state index < -0.39 is 0 Å². The van der Waals surface area contributed by atoms with Crippen molar-refractivity contribution in [3.05, 3.63) is 77.3 Å². The van der Waals surface area contributed by atoms with Crippen LogP contribution in [-0.4, -0.2) is 35.0 Å². The van der Waals surface area contributed by atoms with Gasteiger partial charge in [0.25, 0.3) is 0 Å². The Labute approximate surface area is 199 Å². The van der Waals surface area contributed by atoms with Crippen LogP contribution in [0.15, 0.2) is 61.1 Å². The molecule has 8 heteroatoms. The minimum atomic E-state index is -0.0943. The molecular weight excluding hydrogens is 444 g/mol. The molecule has 0 saturated carbocycles. The van der Waals surface area contributed by atoms with E-state index in [0.29, 0.717) is 35.1 Å². The second kappa shape index (κ2) is 9.90. The van der Waals surface area contributed by atoms with Crippen molar-refractivity contribution in [1.82, 2.24) is 14.9 Å². The highest BCUT2D eigenvalue weighted by Gasteiger charge is 2.41. The molecule has 6 nitrogen and oxygen atoms in total. The first-order valence-corrected chi connectivity index (χ1v) is 11.4. The number of hydrogen-bond acceptors (Lipinski definition) is 4. The highest BCUT2D eigenvalue weighted by Crippen LogP contribution is 2.43. The van der Waals surface area contributed by atoms with Gasteiger partial charge in [0.1, 0.15) is 12.4 Å². The van der Waals surface area contributed by atoms with Crippen molar-refractivity contribution in [2.75, 3.05) is 25.2 Å². The summed E-state index contributed by atoms with van der Waals surface area (Å²) in [7, 11) is 1.64. The van der Waals surface area contributed by atoms with Gasteiger partial charge in [-0.3, -0.25) is 4.98 Å². The molecule has 1 aliphatic rings. The number of hydrogen-bond donors (Lipinski definition) is 1. The third-order valence-corrected chi connectivity index (χ3v) is 6.12. The number of ether oxygens (including phenoxy) is 2. The fourth-order valence-corrected chi connectivity index (χ4v) is 4.47. The van der Waals surface area contributed by atoms with Gasteiger partial charge in [0.05, 0.1) is 29.4 Å². The average Bonchev–Trinajstić information content (AvgIpc) is 3.40. The van der Waals surface area contributed by atoms with Crippen molar-refractivity contribution in [1.29, 1.82) is 0 Å². The first kappa shape index (κ1) is 22.6. The number of nitrogens with zero attached hydrogens (tertiary/aromatic N) is 3. The van der Waals surface area contributed by atoms with Crippen molar-refractivity contribution in [2.24, 2.45) is 0 Å². The lowest BCUT2D eigenvalue weighted by molar-refractivity contribution is 0.146. The van der Waals surface area contributed by atoms with Crippen molar-refractivity contribution < 1.29 is 9.47 Å². The zero-order chi connectivity index (χ0) is 22.7. The summed E-state index contributed by atoms with van der Waals surface area (Å²) in [5, 5.41) is 4.64. The summed E-state index contributed by atoms with van der Waals surface area (Å²) in [6.07, 6.45) is 6.09. The molecule has 0 amide bonds. The lowest BCUT2D eigenvalue weighted by atomic mass is 9.98. The second-order valence-electron chi connectivity index (χ2n) is 7.94. The highest BCUT2D eigenvalue weighted by atomic mass is 35.5. The van der Waals surface area contributed by atoms with Crippen LogP contribution in [-0.2, 0) is 4.74 Å². The smallest absolute Gasteiger partial charge is 0.174 e. The van der Waals surface area contributed by atoms with Gasteiger partial charge >= 0.3 is 0 Å². The number of benzene rings is 1. The predicted molar refractivity (Wildman–Crippen MR) is 132 cm³/mol. The fourth-order valence-electron chi connectivity index (χ4n) is 3.89. The van der Waals surface area contributed by atoms with Crippen LogP contribution in [0.5, 0.6) is 5.75 Å². The molecule has 1 aromatic carbocycles. The van der Waals surface area contributed by atoms with Crippen LogP contribution >= 0.6 is 23.8 Å². The van der Waals surface area contributed by atoms with Gasteiger partial charge in [0.2, 0.25) is 0 Å². The Balaban J connectivity index is 1.72. The number of thiocarbonyl (C=S) groups is 1. The number of nitrogens with one attached hydrogen (secondary N) is 1. The summed E-state index contributed by atoms with van der Waals surface area (Å²) in [4.78, 5) is 6.71. The first-order chi connectivity index (χ1) is 15.5. The van der Waals surface area contributed by atoms with Gasteiger partial charge in [0.15, 0.2) is 5.11 Å². The van der Waals surface area contributed by atoms with E-state index in [4.69, 9.17) is 33.3 Å². The Morgan fingerprint density at radius 2 is 2.03 bits per heavy atom. The topological polar surface area (TPSA) is 51.6 Å². The van der Waals surface area contributed by atoms with Gasteiger partial charge in [-0.1, -0.05) is 17.7 Å². The maximum absolute atomic E-state index is 6.55. The maximum atomic E-state index is 6.55. The zero-order valence-electron chi connectivity index (χ0n) is 18.4. The Morgan fingerprint density at radius 3 is 2.69 bits per heavy atom. The third-order valence-electron chi connectivity index (χ3n) is 5.51. The van der Waals surface area contributed by atoms with E-state index >= 15 is 0 Å². The normalized spacial score (nSPS) is 18.3. The predicted octanol–water partition coefficient (Wildman–Crippen LogP) is 5.32. The number of methoxy groups -OCH3 is 1. The molecule has 0 spiro atoms. The average molecular weight is 471 g/mol. The summed E-state index contributed by atoms with van der Waals surface area (Å²) in [6.45, 7) is 5.26. The van der Waals surface area contributed by atoms with E-state index in [1.54, 1.807) is 7.11 Å². The minimum absolute atomic E-state index is 0.0753. The van der Waals surface area contributed by atoms with E-state index in [0.717, 1.165) is 16.9 Å². The van der Waals surface area contributed by atoms with Crippen LogP contribution in [0.25, 0.3) is 0 Å². The molecule has 1 saturated heterocycles. The molecule has 0 radical (unpaired) electrons. The molecular formula is C24H27ClN4O2S. The SMILES string of the molecule is COCCOc1ccc(N2C(=S)N[C@H](c3ccccn3)[C@@H]2c2ccn(C(C)C)c2)cc1Cl. The largest absolute Gasteiger partial charge is 0.490 e. The summed E-state index contributed by atoms with van der Waals surface area (Å²) >= 11 is 12.3. The van der Waals surface area contributed by atoms with Gasteiger partial charge in [0, 0.05) is 37.4 Å². The van der Waals surface area contributed by atoms with Crippen LogP contribution in [0, 0.1) is 0 Å². The molecule has 32 heavy (non-hydrogen) atoms. The fraction of sp³-hybridized carbons (Fsp3) is 0.333. The van der Waals surface area contributed by atoms with E-state index in [1.807, 2.05) is 42.6 Å². The van der Waals surface area contributed by atoms with E-state index in [1.165, 1.54) is 0 Å². The van der Waals surface area contributed by atoms with Crippen LogP contribution < -0.4 is 15.0 Å². The van der Waals surface area contributed by atoms with Gasteiger partial charge in [-0.05, 0) is 68.0 Å². The Hall–Kier alpha value is -2.61. The van der Waals surface area contributed by atoms with Crippen molar-refractivity contribution in [3.8, 4) is 5.75 Å². The zero-order valence-corrected chi connectivity index (χ0v) is 19.9. The minimum Gasteiger partial charge on any atom is -0.490 e. The highest BCUT2D eigenvalue weighted by molar-refractivity contribution is 7.80. The monoisotopic (exact) mass is 470 g/mol. The summed E-state index contributed by atoms with van der Waals surface area (Å²) in [5.41, 5.74) is 2.98. The lowest BCUT2D eigenvalue weighted by Gasteiger charge is -2.27. The summed E-state index contributed by atoms with van der Waals surface area (Å²) in [5.74, 6) is 0.620. The van der Waals surface area contributed by atoms with E-state index in [-0.39, 0.29) is 12.1 Å². The molecule has 0 unspecified atom stereocenters. The Bertz CT molecular complexity index is 1070. The molecule has 0 aliphatic carbocycles. The van der Waals surface area contributed by atoms with Gasteiger partial charge in [-0.15, -0.1) is 0 Å². The maximum Gasteiger partial charge on any atom is 0.174 e. The molecule has 2 atom stereocenters. The number of aromatic nitrogens is 2. The number of rotatable bonds is 8. The Morgan fingerprint density at radius 1 is 1.19 bits per heavy atom. The molecule has 168 valence electrons. The van der Waals surface area contributed by atoms with Crippen molar-refractivity contribution in [3.63, 3.8) is 0 Å². The van der Waals surface area contributed by atoms with Gasteiger partial charge in [-0.2, -0.15) is 0 Å². The number of anilines is 1. The van der Waals surface area contributed by atoms with E-state index in [2.05, 4.69) is 52.1 Å². The lowest BCUT2D eigenvalue weighted by Crippen LogP contribution is -2.29. The molecule has 3 heterocycles. The molecule has 3 aromatic rings. The van der Waals surface area contributed by atoms with Crippen LogP contribution in [0.2, 0.25) is 5.02 Å². The van der Waals surface area contributed by atoms with Gasteiger partial charge < -0.3 is 24.3 Å². The van der Waals surface area contributed by atoms with Crippen molar-refractivity contribution in [2.45, 2.75) is 32.0 Å². The molecule has 1 aliphatic heterocycles. The number of pyridine rings is 1. The van der Waals surface area contributed by atoms with Gasteiger partial charge in [-0.25, -0.2) is 0 Å². The van der Waals surface area contributed by atoms with Crippen LogP contribution in [0.1, 0.15) is 43.2 Å². The van der Waals surface area contributed by atoms with Crippen LogP contribution in [0.3, 0.4) is 0 Å².